The number of nitrogens with zero attached hydrogens (tertiary/aromatic N) is 3. The molecule has 0 saturated heterocycles. The Morgan fingerprint density at radius 1 is 0.861 bits per heavy atom. The molecule has 0 radical (unpaired) electrons. The standard InChI is InChI=1S/C30H39N3S3/c1-5-9-11-20(7-3)18-30(19-21(8-4)12-10-6-2)22-14-16-34-28(22)29-23(30)17-25(35-29)27-26-24(13-15-31-27)32-36-33-26/h13-17,20-21H,5-12,18-19H2,1-4H3. The molecule has 0 aromatic carbocycles. The molecule has 4 aromatic heterocycles. The number of hydrogen-bond acceptors (Lipinski definition) is 6. The van der Waals surface area contributed by atoms with E-state index in [1.807, 2.05) is 34.9 Å². The Hall–Kier alpha value is -1.63. The summed E-state index contributed by atoms with van der Waals surface area (Å²) in [4.78, 5) is 9.07. The maximum absolute atomic E-state index is 4.81. The van der Waals surface area contributed by atoms with Crippen LogP contribution in [0.2, 0.25) is 0 Å². The van der Waals surface area contributed by atoms with Crippen molar-refractivity contribution in [1.82, 2.24) is 13.7 Å². The fourth-order valence-corrected chi connectivity index (χ4v) is 9.29. The van der Waals surface area contributed by atoms with Gasteiger partial charge in [-0.1, -0.05) is 79.1 Å². The van der Waals surface area contributed by atoms with Gasteiger partial charge in [0.05, 0.1) is 16.6 Å². The summed E-state index contributed by atoms with van der Waals surface area (Å²) < 4.78 is 9.10. The van der Waals surface area contributed by atoms with Gasteiger partial charge in [-0.3, -0.25) is 4.98 Å². The first-order chi connectivity index (χ1) is 17.6. The van der Waals surface area contributed by atoms with E-state index < -0.39 is 0 Å². The van der Waals surface area contributed by atoms with Gasteiger partial charge in [0.2, 0.25) is 0 Å². The number of pyridine rings is 1. The second kappa shape index (κ2) is 11.4. The number of unbranched alkanes of at least 4 members (excludes halogenated alkanes) is 2. The molecule has 192 valence electrons. The molecule has 2 unspecified atom stereocenters. The van der Waals surface area contributed by atoms with Crippen LogP contribution in [0.25, 0.3) is 31.4 Å². The van der Waals surface area contributed by atoms with Crippen LogP contribution in [0.1, 0.15) is 103 Å². The topological polar surface area (TPSA) is 38.7 Å². The molecule has 0 N–H and O–H groups in total. The average molecular weight is 538 g/mol. The summed E-state index contributed by atoms with van der Waals surface area (Å²) in [6, 6.07) is 6.95. The van der Waals surface area contributed by atoms with E-state index in [-0.39, 0.29) is 5.41 Å². The van der Waals surface area contributed by atoms with Crippen molar-refractivity contribution >= 4 is 45.4 Å². The third kappa shape index (κ3) is 4.69. The molecule has 5 rings (SSSR count). The van der Waals surface area contributed by atoms with Crippen molar-refractivity contribution < 1.29 is 0 Å². The third-order valence-corrected chi connectivity index (χ3v) is 11.2. The lowest BCUT2D eigenvalue weighted by molar-refractivity contribution is 0.266. The summed E-state index contributed by atoms with van der Waals surface area (Å²) in [5, 5.41) is 2.34. The fourth-order valence-electron chi connectivity index (χ4n) is 6.33. The molecular formula is C30H39N3S3. The first-order valence-corrected chi connectivity index (χ1v) is 16.4. The average Bonchev–Trinajstić information content (AvgIpc) is 3.68. The molecular weight excluding hydrogens is 499 g/mol. The van der Waals surface area contributed by atoms with Crippen molar-refractivity contribution in [2.75, 3.05) is 0 Å². The Bertz CT molecular complexity index is 1270. The lowest BCUT2D eigenvalue weighted by atomic mass is 9.66. The summed E-state index contributed by atoms with van der Waals surface area (Å²) in [7, 11) is 0. The number of hydrogen-bond donors (Lipinski definition) is 0. The molecule has 0 fully saturated rings. The van der Waals surface area contributed by atoms with Crippen molar-refractivity contribution in [3.63, 3.8) is 0 Å². The highest BCUT2D eigenvalue weighted by molar-refractivity contribution is 7.23. The molecule has 4 heterocycles. The zero-order valence-electron chi connectivity index (χ0n) is 22.2. The van der Waals surface area contributed by atoms with Gasteiger partial charge in [0.25, 0.3) is 0 Å². The van der Waals surface area contributed by atoms with E-state index in [0.29, 0.717) is 0 Å². The quantitative estimate of drug-likeness (QED) is 0.170. The van der Waals surface area contributed by atoms with Crippen LogP contribution in [-0.4, -0.2) is 13.7 Å². The van der Waals surface area contributed by atoms with Crippen LogP contribution in [0.3, 0.4) is 0 Å². The summed E-state index contributed by atoms with van der Waals surface area (Å²) in [5.41, 5.74) is 6.23. The molecule has 0 spiro atoms. The van der Waals surface area contributed by atoms with Crippen molar-refractivity contribution in [1.29, 1.82) is 0 Å². The highest BCUT2D eigenvalue weighted by Gasteiger charge is 2.47. The lowest BCUT2D eigenvalue weighted by Gasteiger charge is -2.37. The largest absolute Gasteiger partial charge is 0.253 e. The Labute approximate surface area is 228 Å². The first-order valence-electron chi connectivity index (χ1n) is 13.9. The lowest BCUT2D eigenvalue weighted by Crippen LogP contribution is -2.31. The third-order valence-electron chi connectivity index (χ3n) is 8.40. The Morgan fingerprint density at radius 3 is 2.25 bits per heavy atom. The Balaban J connectivity index is 1.63. The SMILES string of the molecule is CCCCC(CC)CC1(CC(CC)CCCC)c2ccsc2-c2sc(-c3nccc4nsnc34)cc21. The molecule has 0 aliphatic heterocycles. The zero-order valence-corrected chi connectivity index (χ0v) is 24.6. The van der Waals surface area contributed by atoms with Crippen LogP contribution in [0, 0.1) is 11.8 Å². The predicted molar refractivity (Wildman–Crippen MR) is 158 cm³/mol. The summed E-state index contributed by atoms with van der Waals surface area (Å²) in [5.74, 6) is 1.53. The van der Waals surface area contributed by atoms with Crippen LogP contribution in [-0.2, 0) is 5.41 Å². The maximum Gasteiger partial charge on any atom is 0.131 e. The van der Waals surface area contributed by atoms with Gasteiger partial charge >= 0.3 is 0 Å². The molecule has 1 aliphatic rings. The molecule has 4 aromatic rings. The van der Waals surface area contributed by atoms with Crippen molar-refractivity contribution in [2.45, 2.75) is 97.3 Å². The van der Waals surface area contributed by atoms with E-state index in [0.717, 1.165) is 28.6 Å². The molecule has 2 atom stereocenters. The second-order valence-electron chi connectivity index (χ2n) is 10.6. The first kappa shape index (κ1) is 26.0. The van der Waals surface area contributed by atoms with Crippen molar-refractivity contribution in [3.8, 4) is 20.3 Å². The maximum atomic E-state index is 4.81. The summed E-state index contributed by atoms with van der Waals surface area (Å²) in [6.07, 6.45) is 14.9. The number of fused-ring (bicyclic) bond motifs is 4. The normalized spacial score (nSPS) is 18.4. The van der Waals surface area contributed by atoms with Crippen molar-refractivity contribution in [2.24, 2.45) is 11.8 Å². The molecule has 0 amide bonds. The van der Waals surface area contributed by atoms with E-state index >= 15 is 0 Å². The molecule has 0 saturated carbocycles. The zero-order chi connectivity index (χ0) is 25.1. The molecule has 36 heavy (non-hydrogen) atoms. The van der Waals surface area contributed by atoms with Crippen LogP contribution in [0.15, 0.2) is 29.8 Å². The summed E-state index contributed by atoms with van der Waals surface area (Å²) >= 11 is 5.16. The van der Waals surface area contributed by atoms with E-state index in [9.17, 15) is 0 Å². The Kier molecular flexibility index (Phi) is 8.24. The highest BCUT2D eigenvalue weighted by Crippen LogP contribution is 2.61. The van der Waals surface area contributed by atoms with Gasteiger partial charge in [0.1, 0.15) is 16.7 Å². The minimum Gasteiger partial charge on any atom is -0.253 e. The predicted octanol–water partition coefficient (Wildman–Crippen LogP) is 10.4. The van der Waals surface area contributed by atoms with Crippen LogP contribution < -0.4 is 0 Å². The Morgan fingerprint density at radius 2 is 1.58 bits per heavy atom. The number of rotatable bonds is 13. The van der Waals surface area contributed by atoms with E-state index in [1.54, 1.807) is 11.1 Å². The monoisotopic (exact) mass is 537 g/mol. The van der Waals surface area contributed by atoms with Gasteiger partial charge in [0, 0.05) is 21.4 Å². The fraction of sp³-hybridized carbons (Fsp3) is 0.567. The number of aromatic nitrogens is 3. The van der Waals surface area contributed by atoms with E-state index in [4.69, 9.17) is 4.98 Å². The molecule has 0 bridgehead atoms. The highest BCUT2D eigenvalue weighted by atomic mass is 32.1. The summed E-state index contributed by atoms with van der Waals surface area (Å²) in [6.45, 7) is 9.48. The van der Waals surface area contributed by atoms with Crippen LogP contribution >= 0.6 is 34.4 Å². The minimum absolute atomic E-state index is 0.122. The van der Waals surface area contributed by atoms with Gasteiger partial charge in [-0.25, -0.2) is 0 Å². The smallest absolute Gasteiger partial charge is 0.131 e. The van der Waals surface area contributed by atoms with Gasteiger partial charge in [0.15, 0.2) is 0 Å². The molecule has 6 heteroatoms. The van der Waals surface area contributed by atoms with Gasteiger partial charge in [-0.15, -0.1) is 22.7 Å². The van der Waals surface area contributed by atoms with Crippen LogP contribution in [0.4, 0.5) is 0 Å². The molecule has 1 aliphatic carbocycles. The second-order valence-corrected chi connectivity index (χ2v) is 13.1. The van der Waals surface area contributed by atoms with Gasteiger partial charge in [-0.05, 0) is 59.4 Å². The van der Waals surface area contributed by atoms with Crippen molar-refractivity contribution in [3.05, 3.63) is 40.9 Å². The van der Waals surface area contributed by atoms with E-state index in [1.165, 1.54) is 90.6 Å². The molecule has 3 nitrogen and oxygen atoms in total. The number of thiophene rings is 2. The van der Waals surface area contributed by atoms with Crippen LogP contribution in [0.5, 0.6) is 0 Å². The minimum atomic E-state index is 0.122. The van der Waals surface area contributed by atoms with Gasteiger partial charge < -0.3 is 0 Å². The van der Waals surface area contributed by atoms with E-state index in [2.05, 4.69) is 54.0 Å². The van der Waals surface area contributed by atoms with Gasteiger partial charge in [-0.2, -0.15) is 8.75 Å².